The summed E-state index contributed by atoms with van der Waals surface area (Å²) < 4.78 is 17.3. The zero-order chi connectivity index (χ0) is 31.1. The number of rotatable bonds is 31. The predicted octanol–water partition coefficient (Wildman–Crippen LogP) is 11.4. The quantitative estimate of drug-likeness (QED) is 0.0453. The topological polar surface area (TPSA) is 48.0 Å². The van der Waals surface area contributed by atoms with E-state index in [9.17, 15) is 4.79 Å². The van der Waals surface area contributed by atoms with Gasteiger partial charge in [0.15, 0.2) is 0 Å². The first-order valence-corrected chi connectivity index (χ1v) is 18.2. The second kappa shape index (κ2) is 31.4. The maximum Gasteiger partial charge on any atom is 0.508 e. The number of hydrogen-bond donors (Lipinski definition) is 0. The molecule has 0 N–H and O–H groups in total. The molecule has 0 radical (unpaired) electrons. The normalized spacial score (nSPS) is 13.3. The average Bonchev–Trinajstić information content (AvgIpc) is 2.95. The number of unbranched alkanes of at least 4 members (excludes halogenated alkanes) is 15. The third kappa shape index (κ3) is 30.4. The van der Waals surface area contributed by atoms with E-state index in [0.717, 1.165) is 51.5 Å². The number of carbonyl (C=O) groups excluding carboxylic acids is 1. The Morgan fingerprint density at radius 3 is 1.69 bits per heavy atom. The molecule has 0 aliphatic heterocycles. The third-order valence-corrected chi connectivity index (χ3v) is 7.92. The molecule has 2 atom stereocenters. The highest BCUT2D eigenvalue weighted by atomic mass is 16.7. The van der Waals surface area contributed by atoms with Crippen molar-refractivity contribution in [1.82, 2.24) is 4.90 Å². The summed E-state index contributed by atoms with van der Waals surface area (Å²) in [6.07, 6.45) is 32.8. The first-order chi connectivity index (χ1) is 20.4. The number of allylic oxidation sites excluding steroid dienone is 1. The second-order valence-electron chi connectivity index (χ2n) is 13.0. The lowest BCUT2D eigenvalue weighted by Gasteiger charge is -2.19. The molecule has 0 heterocycles. The van der Waals surface area contributed by atoms with Crippen molar-refractivity contribution in [2.75, 3.05) is 27.2 Å². The van der Waals surface area contributed by atoms with Crippen molar-refractivity contribution in [2.24, 2.45) is 0 Å². The van der Waals surface area contributed by atoms with Crippen molar-refractivity contribution in [3.63, 3.8) is 0 Å². The van der Waals surface area contributed by atoms with Crippen LogP contribution in [0.1, 0.15) is 175 Å². The van der Waals surface area contributed by atoms with Gasteiger partial charge in [-0.05, 0) is 85.7 Å². The van der Waals surface area contributed by atoms with Gasteiger partial charge in [0, 0.05) is 6.54 Å². The molecule has 0 aliphatic rings. The van der Waals surface area contributed by atoms with Crippen LogP contribution in [0.3, 0.4) is 0 Å². The first-order valence-electron chi connectivity index (χ1n) is 18.2. The van der Waals surface area contributed by atoms with Gasteiger partial charge in [0.1, 0.15) is 6.10 Å². The summed E-state index contributed by atoms with van der Waals surface area (Å²) >= 11 is 0. The SMILES string of the molecule is CCCCCCCCCCC(CCCCCCC/C=C\C[C@@H](CCCCCC)OC(C)C)OC(=O)OCCCN(C)C. The van der Waals surface area contributed by atoms with Gasteiger partial charge in [-0.1, -0.05) is 116 Å². The monoisotopic (exact) mass is 596 g/mol. The lowest BCUT2D eigenvalue weighted by Crippen LogP contribution is -2.21. The molecule has 0 aromatic heterocycles. The van der Waals surface area contributed by atoms with Crippen molar-refractivity contribution in [3.05, 3.63) is 12.2 Å². The van der Waals surface area contributed by atoms with Crippen LogP contribution in [0, 0.1) is 0 Å². The minimum absolute atomic E-state index is 0.00245. The molecule has 0 saturated carbocycles. The molecule has 0 bridgehead atoms. The van der Waals surface area contributed by atoms with E-state index in [1.54, 1.807) is 0 Å². The molecule has 5 nitrogen and oxygen atoms in total. The highest BCUT2D eigenvalue weighted by Gasteiger charge is 2.15. The van der Waals surface area contributed by atoms with Gasteiger partial charge in [0.25, 0.3) is 0 Å². The molecule has 0 spiro atoms. The van der Waals surface area contributed by atoms with E-state index in [-0.39, 0.29) is 6.10 Å². The lowest BCUT2D eigenvalue weighted by molar-refractivity contribution is 0.00381. The van der Waals surface area contributed by atoms with Crippen LogP contribution >= 0.6 is 0 Å². The lowest BCUT2D eigenvalue weighted by atomic mass is 10.0. The van der Waals surface area contributed by atoms with Crippen molar-refractivity contribution in [1.29, 1.82) is 0 Å². The first kappa shape index (κ1) is 40.9. The van der Waals surface area contributed by atoms with Crippen LogP contribution < -0.4 is 0 Å². The number of carbonyl (C=O) groups is 1. The molecule has 0 aromatic rings. The van der Waals surface area contributed by atoms with E-state index < -0.39 is 6.16 Å². The minimum atomic E-state index is -0.480. The summed E-state index contributed by atoms with van der Waals surface area (Å²) in [6, 6.07) is 0. The fraction of sp³-hybridized carbons (Fsp3) is 0.919. The standard InChI is InChI=1S/C37H73NO4/c1-7-9-11-13-14-17-21-25-30-36(42-37(39)40-33-27-32-38(5)6)31-26-22-19-16-15-18-20-24-29-35(41-34(3)4)28-23-12-10-8-2/h20,24,34-36H,7-19,21-23,25-33H2,1-6H3/b24-20-/t35-,36?/m1/s1. The molecule has 42 heavy (non-hydrogen) atoms. The van der Waals surface area contributed by atoms with Gasteiger partial charge in [0.05, 0.1) is 18.8 Å². The summed E-state index contributed by atoms with van der Waals surface area (Å²) in [5.41, 5.74) is 0. The summed E-state index contributed by atoms with van der Waals surface area (Å²) in [4.78, 5) is 14.4. The Bertz CT molecular complexity index is 592. The summed E-state index contributed by atoms with van der Waals surface area (Å²) in [6.45, 7) is 10.2. The van der Waals surface area contributed by atoms with Gasteiger partial charge in [-0.25, -0.2) is 4.79 Å². The highest BCUT2D eigenvalue weighted by molar-refractivity contribution is 5.60. The van der Waals surface area contributed by atoms with Crippen molar-refractivity contribution in [3.8, 4) is 0 Å². The molecule has 0 rings (SSSR count). The third-order valence-electron chi connectivity index (χ3n) is 7.92. The maximum atomic E-state index is 12.3. The number of hydrogen-bond acceptors (Lipinski definition) is 5. The Kier molecular flexibility index (Phi) is 30.6. The van der Waals surface area contributed by atoms with E-state index in [1.165, 1.54) is 103 Å². The molecular formula is C37H73NO4. The molecule has 250 valence electrons. The summed E-state index contributed by atoms with van der Waals surface area (Å²) in [5.74, 6) is 0. The largest absolute Gasteiger partial charge is 0.508 e. The average molecular weight is 596 g/mol. The van der Waals surface area contributed by atoms with Crippen molar-refractivity contribution < 1.29 is 19.0 Å². The van der Waals surface area contributed by atoms with Crippen LogP contribution in [-0.2, 0) is 14.2 Å². The van der Waals surface area contributed by atoms with Crippen LogP contribution in [0.15, 0.2) is 12.2 Å². The van der Waals surface area contributed by atoms with Crippen LogP contribution in [0.4, 0.5) is 4.79 Å². The van der Waals surface area contributed by atoms with Gasteiger partial charge in [0.2, 0.25) is 0 Å². The minimum Gasteiger partial charge on any atom is -0.434 e. The predicted molar refractivity (Wildman–Crippen MR) is 181 cm³/mol. The van der Waals surface area contributed by atoms with Crippen molar-refractivity contribution in [2.45, 2.75) is 194 Å². The van der Waals surface area contributed by atoms with Gasteiger partial charge in [-0.3, -0.25) is 0 Å². The molecule has 0 aromatic carbocycles. The Balaban J connectivity index is 4.20. The molecule has 0 amide bonds. The highest BCUT2D eigenvalue weighted by Crippen LogP contribution is 2.18. The van der Waals surface area contributed by atoms with Crippen LogP contribution in [-0.4, -0.2) is 56.6 Å². The summed E-state index contributed by atoms with van der Waals surface area (Å²) in [5, 5.41) is 0. The Morgan fingerprint density at radius 2 is 1.14 bits per heavy atom. The Morgan fingerprint density at radius 1 is 0.643 bits per heavy atom. The van der Waals surface area contributed by atoms with Gasteiger partial charge in [-0.2, -0.15) is 0 Å². The zero-order valence-electron chi connectivity index (χ0n) is 29.1. The second-order valence-corrected chi connectivity index (χ2v) is 13.0. The van der Waals surface area contributed by atoms with Gasteiger partial charge in [-0.15, -0.1) is 0 Å². The van der Waals surface area contributed by atoms with Crippen LogP contribution in [0.2, 0.25) is 0 Å². The van der Waals surface area contributed by atoms with E-state index in [4.69, 9.17) is 14.2 Å². The number of ether oxygens (including phenoxy) is 3. The van der Waals surface area contributed by atoms with Crippen molar-refractivity contribution >= 4 is 6.16 Å². The molecular weight excluding hydrogens is 522 g/mol. The van der Waals surface area contributed by atoms with Gasteiger partial charge >= 0.3 is 6.16 Å². The molecule has 1 unspecified atom stereocenters. The summed E-state index contributed by atoms with van der Waals surface area (Å²) in [7, 11) is 4.06. The van der Waals surface area contributed by atoms with E-state index in [1.807, 2.05) is 14.1 Å². The number of nitrogens with zero attached hydrogens (tertiary/aromatic N) is 1. The van der Waals surface area contributed by atoms with E-state index in [0.29, 0.717) is 18.8 Å². The smallest absolute Gasteiger partial charge is 0.434 e. The van der Waals surface area contributed by atoms with Crippen LogP contribution in [0.5, 0.6) is 0 Å². The molecule has 0 aliphatic carbocycles. The Hall–Kier alpha value is -1.07. The molecule has 0 fully saturated rings. The van der Waals surface area contributed by atoms with E-state index >= 15 is 0 Å². The van der Waals surface area contributed by atoms with E-state index in [2.05, 4.69) is 44.7 Å². The van der Waals surface area contributed by atoms with Gasteiger partial charge < -0.3 is 19.1 Å². The molecule has 0 saturated heterocycles. The molecule has 5 heteroatoms. The fourth-order valence-corrected chi connectivity index (χ4v) is 5.43. The van der Waals surface area contributed by atoms with Crippen LogP contribution in [0.25, 0.3) is 0 Å². The maximum absolute atomic E-state index is 12.3. The fourth-order valence-electron chi connectivity index (χ4n) is 5.43. The zero-order valence-corrected chi connectivity index (χ0v) is 29.1. The Labute approximate surface area is 262 Å².